The van der Waals surface area contributed by atoms with Crippen LogP contribution >= 0.6 is 15.9 Å². The highest BCUT2D eigenvalue weighted by atomic mass is 79.9. The molecule has 1 aliphatic carbocycles. The van der Waals surface area contributed by atoms with Crippen molar-refractivity contribution in [1.29, 1.82) is 0 Å². The fourth-order valence-corrected chi connectivity index (χ4v) is 3.54. The molecular weight excluding hydrogens is 376 g/mol. The van der Waals surface area contributed by atoms with Gasteiger partial charge < -0.3 is 19.3 Å². The second-order valence-electron chi connectivity index (χ2n) is 5.33. The summed E-state index contributed by atoms with van der Waals surface area (Å²) >= 11 is 3.34. The average molecular weight is 395 g/mol. The van der Waals surface area contributed by atoms with Crippen LogP contribution in [0, 0.1) is 5.92 Å². The molecule has 1 fully saturated rings. The molecule has 23 heavy (non-hydrogen) atoms. The Bertz CT molecular complexity index is 491. The molecule has 1 saturated carbocycles. The van der Waals surface area contributed by atoms with Crippen molar-refractivity contribution in [2.24, 2.45) is 5.92 Å². The van der Waals surface area contributed by atoms with Crippen molar-refractivity contribution >= 4 is 39.8 Å². The zero-order valence-corrected chi connectivity index (χ0v) is 14.6. The van der Waals surface area contributed by atoms with Crippen LogP contribution < -0.4 is 0 Å². The molecular formula is C14H19BrO8. The van der Waals surface area contributed by atoms with Gasteiger partial charge in [0.1, 0.15) is 6.10 Å². The maximum atomic E-state index is 11.4. The summed E-state index contributed by atoms with van der Waals surface area (Å²) in [4.78, 5) is 44.6. The molecule has 1 unspecified atom stereocenters. The highest BCUT2D eigenvalue weighted by Crippen LogP contribution is 2.37. The van der Waals surface area contributed by atoms with Gasteiger partial charge in [0.05, 0.1) is 11.2 Å². The van der Waals surface area contributed by atoms with Gasteiger partial charge in [-0.15, -0.1) is 0 Å². The number of esters is 3. The zero-order valence-electron chi connectivity index (χ0n) is 13.0. The predicted molar refractivity (Wildman–Crippen MR) is 79.7 cm³/mol. The average Bonchev–Trinajstić information content (AvgIpc) is 2.36. The normalized spacial score (nSPS) is 30.2. The Kier molecular flexibility index (Phi) is 6.99. The Morgan fingerprint density at radius 1 is 0.913 bits per heavy atom. The molecule has 0 aromatic rings. The van der Waals surface area contributed by atoms with E-state index in [-0.39, 0.29) is 12.8 Å². The minimum Gasteiger partial charge on any atom is -0.481 e. The first kappa shape index (κ1) is 19.4. The summed E-state index contributed by atoms with van der Waals surface area (Å²) in [6.07, 6.45) is -2.97. The van der Waals surface area contributed by atoms with Gasteiger partial charge in [-0.05, 0) is 6.42 Å². The van der Waals surface area contributed by atoms with Crippen LogP contribution in [0.2, 0.25) is 0 Å². The summed E-state index contributed by atoms with van der Waals surface area (Å²) in [7, 11) is 0. The van der Waals surface area contributed by atoms with Crippen LogP contribution in [0.1, 0.15) is 33.6 Å². The molecule has 8 nitrogen and oxygen atoms in total. The molecule has 1 aliphatic rings. The molecule has 130 valence electrons. The number of carboxylic acid groups (broad SMARTS) is 1. The second-order valence-corrected chi connectivity index (χ2v) is 6.51. The lowest BCUT2D eigenvalue weighted by atomic mass is 9.80. The Morgan fingerprint density at radius 2 is 1.35 bits per heavy atom. The molecule has 0 aliphatic heterocycles. The van der Waals surface area contributed by atoms with Gasteiger partial charge in [0.25, 0.3) is 0 Å². The number of alkyl halides is 1. The standard InChI is InChI=1S/C14H19BrO8/c1-6(16)21-12-9(5-11(19)20)4-10(15)13(22-7(2)17)14(12)23-8(3)18/h9-10,12-14H,4-5H2,1-3H3,(H,19,20)/t9?,10-,12+,13-,14-/m0/s1. The molecule has 0 radical (unpaired) electrons. The van der Waals surface area contributed by atoms with E-state index in [1.807, 2.05) is 0 Å². The van der Waals surface area contributed by atoms with Crippen molar-refractivity contribution in [1.82, 2.24) is 0 Å². The summed E-state index contributed by atoms with van der Waals surface area (Å²) in [6.45, 7) is 3.54. The number of ether oxygens (including phenoxy) is 3. The van der Waals surface area contributed by atoms with Crippen LogP contribution in [0.25, 0.3) is 0 Å². The van der Waals surface area contributed by atoms with E-state index < -0.39 is 52.9 Å². The van der Waals surface area contributed by atoms with E-state index in [1.165, 1.54) is 20.8 Å². The van der Waals surface area contributed by atoms with Gasteiger partial charge in [0, 0.05) is 26.7 Å². The van der Waals surface area contributed by atoms with Crippen LogP contribution in [0.15, 0.2) is 0 Å². The molecule has 0 aromatic carbocycles. The Labute approximate surface area is 141 Å². The quantitative estimate of drug-likeness (QED) is 0.417. The SMILES string of the molecule is CC(=O)O[C@@H]1[C@@H](OC(C)=O)[C@@H](Br)CC(CC(=O)O)[C@H]1OC(C)=O. The fraction of sp³-hybridized carbons (Fsp3) is 0.714. The molecule has 0 heterocycles. The summed E-state index contributed by atoms with van der Waals surface area (Å²) in [6, 6.07) is 0. The number of carbonyl (C=O) groups excluding carboxylic acids is 3. The first-order valence-corrected chi connectivity index (χ1v) is 7.91. The van der Waals surface area contributed by atoms with Crippen molar-refractivity contribution in [2.45, 2.75) is 56.8 Å². The number of aliphatic carboxylic acids is 1. The molecule has 0 aromatic heterocycles. The van der Waals surface area contributed by atoms with E-state index in [4.69, 9.17) is 19.3 Å². The Balaban J connectivity index is 3.15. The number of hydrogen-bond acceptors (Lipinski definition) is 7. The summed E-state index contributed by atoms with van der Waals surface area (Å²) in [5, 5.41) is 9.03. The second kappa shape index (κ2) is 8.28. The van der Waals surface area contributed by atoms with E-state index in [0.717, 1.165) is 0 Å². The van der Waals surface area contributed by atoms with Gasteiger partial charge >= 0.3 is 23.9 Å². The number of halogens is 1. The third-order valence-electron chi connectivity index (χ3n) is 3.34. The smallest absolute Gasteiger partial charge is 0.303 e. The van der Waals surface area contributed by atoms with Crippen LogP contribution in [0.3, 0.4) is 0 Å². The topological polar surface area (TPSA) is 116 Å². The zero-order chi connectivity index (χ0) is 17.7. The first-order valence-electron chi connectivity index (χ1n) is 6.99. The number of rotatable bonds is 5. The lowest BCUT2D eigenvalue weighted by Crippen LogP contribution is -2.56. The number of carboxylic acids is 1. The van der Waals surface area contributed by atoms with E-state index in [0.29, 0.717) is 0 Å². The highest BCUT2D eigenvalue weighted by molar-refractivity contribution is 9.09. The first-order chi connectivity index (χ1) is 10.6. The molecule has 0 saturated heterocycles. The fourth-order valence-electron chi connectivity index (χ4n) is 2.66. The molecule has 0 spiro atoms. The van der Waals surface area contributed by atoms with Crippen molar-refractivity contribution in [3.8, 4) is 0 Å². The van der Waals surface area contributed by atoms with E-state index in [1.54, 1.807) is 0 Å². The lowest BCUT2D eigenvalue weighted by molar-refractivity contribution is -0.196. The van der Waals surface area contributed by atoms with Crippen molar-refractivity contribution in [3.63, 3.8) is 0 Å². The van der Waals surface area contributed by atoms with Gasteiger partial charge in [0.2, 0.25) is 0 Å². The summed E-state index contributed by atoms with van der Waals surface area (Å²) in [5.74, 6) is -3.54. The Hall–Kier alpha value is -1.64. The molecule has 1 rings (SSSR count). The minimum atomic E-state index is -1.08. The predicted octanol–water partition coefficient (Wildman–Crippen LogP) is 1.04. The van der Waals surface area contributed by atoms with Gasteiger partial charge in [-0.1, -0.05) is 15.9 Å². The Morgan fingerprint density at radius 3 is 1.78 bits per heavy atom. The van der Waals surface area contributed by atoms with Crippen LogP contribution in [-0.2, 0) is 33.4 Å². The molecule has 9 heteroatoms. The molecule has 0 amide bonds. The maximum absolute atomic E-state index is 11.4. The molecule has 1 N–H and O–H groups in total. The van der Waals surface area contributed by atoms with Crippen molar-refractivity contribution in [2.75, 3.05) is 0 Å². The third-order valence-corrected chi connectivity index (χ3v) is 4.23. The maximum Gasteiger partial charge on any atom is 0.303 e. The van der Waals surface area contributed by atoms with Crippen LogP contribution in [-0.4, -0.2) is 52.1 Å². The highest BCUT2D eigenvalue weighted by Gasteiger charge is 2.50. The number of hydrogen-bond donors (Lipinski definition) is 1. The van der Waals surface area contributed by atoms with Gasteiger partial charge in [-0.25, -0.2) is 0 Å². The van der Waals surface area contributed by atoms with Gasteiger partial charge in [-0.3, -0.25) is 19.2 Å². The summed E-state index contributed by atoms with van der Waals surface area (Å²) < 4.78 is 15.6. The number of carbonyl (C=O) groups is 4. The summed E-state index contributed by atoms with van der Waals surface area (Å²) in [5.41, 5.74) is 0. The van der Waals surface area contributed by atoms with Crippen LogP contribution in [0.4, 0.5) is 0 Å². The van der Waals surface area contributed by atoms with Gasteiger partial charge in [-0.2, -0.15) is 0 Å². The van der Waals surface area contributed by atoms with Gasteiger partial charge in [0.15, 0.2) is 12.2 Å². The lowest BCUT2D eigenvalue weighted by Gasteiger charge is -2.42. The molecule has 5 atom stereocenters. The van der Waals surface area contributed by atoms with E-state index >= 15 is 0 Å². The third kappa shape index (κ3) is 5.81. The largest absolute Gasteiger partial charge is 0.481 e. The van der Waals surface area contributed by atoms with E-state index in [9.17, 15) is 19.2 Å². The van der Waals surface area contributed by atoms with E-state index in [2.05, 4.69) is 15.9 Å². The van der Waals surface area contributed by atoms with Crippen molar-refractivity contribution < 1.29 is 38.5 Å². The van der Waals surface area contributed by atoms with Crippen LogP contribution in [0.5, 0.6) is 0 Å². The molecule has 0 bridgehead atoms. The minimum absolute atomic E-state index is 0.273. The van der Waals surface area contributed by atoms with Crippen molar-refractivity contribution in [3.05, 3.63) is 0 Å². The monoisotopic (exact) mass is 394 g/mol.